The SMILES string of the molecule is O=[N+]([O-])c1ccc(OC(F)F)c(/C=N\Nc2ccc([N+](=O)[O-])cc2C(F)(F)F)c1. The number of hydrazone groups is 1. The topological polar surface area (TPSA) is 120 Å². The van der Waals surface area contributed by atoms with Crippen LogP contribution in [0.5, 0.6) is 5.75 Å². The van der Waals surface area contributed by atoms with Gasteiger partial charge in [-0.05, 0) is 12.1 Å². The van der Waals surface area contributed by atoms with E-state index in [-0.39, 0.29) is 11.6 Å². The molecular weight excluding hydrogens is 411 g/mol. The van der Waals surface area contributed by atoms with E-state index >= 15 is 0 Å². The summed E-state index contributed by atoms with van der Waals surface area (Å²) in [4.78, 5) is 19.6. The largest absolute Gasteiger partial charge is 0.434 e. The summed E-state index contributed by atoms with van der Waals surface area (Å²) < 4.78 is 68.3. The Bertz CT molecular complexity index is 965. The van der Waals surface area contributed by atoms with E-state index in [1.165, 1.54) is 0 Å². The molecule has 0 heterocycles. The molecule has 14 heteroatoms. The third kappa shape index (κ3) is 5.57. The van der Waals surface area contributed by atoms with Gasteiger partial charge >= 0.3 is 12.8 Å². The summed E-state index contributed by atoms with van der Waals surface area (Å²) >= 11 is 0. The molecule has 0 saturated carbocycles. The molecule has 0 amide bonds. The number of nitrogens with one attached hydrogen (secondary N) is 1. The van der Waals surface area contributed by atoms with Crippen LogP contribution < -0.4 is 10.2 Å². The van der Waals surface area contributed by atoms with E-state index in [2.05, 4.69) is 9.84 Å². The Kier molecular flexibility index (Phi) is 6.25. The Morgan fingerprint density at radius 3 is 2.17 bits per heavy atom. The molecule has 0 bridgehead atoms. The van der Waals surface area contributed by atoms with E-state index in [1.54, 1.807) is 0 Å². The molecule has 0 aliphatic heterocycles. The summed E-state index contributed by atoms with van der Waals surface area (Å²) in [6.07, 6.45) is -4.23. The van der Waals surface area contributed by atoms with Gasteiger partial charge in [0.05, 0.1) is 27.3 Å². The van der Waals surface area contributed by atoms with Crippen molar-refractivity contribution < 1.29 is 36.5 Å². The van der Waals surface area contributed by atoms with Crippen LogP contribution in [0.3, 0.4) is 0 Å². The summed E-state index contributed by atoms with van der Waals surface area (Å²) in [5, 5.41) is 24.9. The lowest BCUT2D eigenvalue weighted by atomic mass is 10.1. The van der Waals surface area contributed by atoms with Crippen LogP contribution in [-0.2, 0) is 6.18 Å². The minimum absolute atomic E-state index is 0.288. The summed E-state index contributed by atoms with van der Waals surface area (Å²) in [5.41, 5.74) is -1.71. The van der Waals surface area contributed by atoms with Crippen molar-refractivity contribution >= 4 is 23.3 Å². The zero-order valence-corrected chi connectivity index (χ0v) is 13.9. The van der Waals surface area contributed by atoms with Crippen LogP contribution in [-0.4, -0.2) is 22.7 Å². The molecule has 29 heavy (non-hydrogen) atoms. The first-order chi connectivity index (χ1) is 13.5. The first kappa shape index (κ1) is 21.5. The predicted octanol–water partition coefficient (Wildman–Crippen LogP) is 4.57. The minimum atomic E-state index is -4.96. The number of non-ortho nitro benzene ring substituents is 2. The number of ether oxygens (including phenoxy) is 1. The van der Waals surface area contributed by atoms with Crippen LogP contribution in [0.2, 0.25) is 0 Å². The fourth-order valence-electron chi connectivity index (χ4n) is 2.10. The van der Waals surface area contributed by atoms with Crippen molar-refractivity contribution in [2.24, 2.45) is 5.10 Å². The number of benzene rings is 2. The van der Waals surface area contributed by atoms with Crippen molar-refractivity contribution in [2.75, 3.05) is 5.43 Å². The van der Waals surface area contributed by atoms with E-state index in [4.69, 9.17) is 0 Å². The van der Waals surface area contributed by atoms with E-state index in [9.17, 15) is 42.2 Å². The second kappa shape index (κ2) is 8.45. The molecule has 2 rings (SSSR count). The molecule has 0 fully saturated rings. The maximum Gasteiger partial charge on any atom is 0.418 e. The highest BCUT2D eigenvalue weighted by atomic mass is 19.4. The standard InChI is InChI=1S/C15H9F5N4O5/c16-14(17)29-13-4-2-9(23(25)26)5-8(13)7-21-22-12-3-1-10(24(27)28)6-11(12)15(18,19)20/h1-7,14,22H/b21-7-. The monoisotopic (exact) mass is 420 g/mol. The van der Waals surface area contributed by atoms with Gasteiger partial charge in [-0.25, -0.2) is 0 Å². The van der Waals surface area contributed by atoms with Crippen molar-refractivity contribution in [2.45, 2.75) is 12.8 Å². The number of alkyl halides is 5. The normalized spacial score (nSPS) is 11.7. The lowest BCUT2D eigenvalue weighted by molar-refractivity contribution is -0.385. The van der Waals surface area contributed by atoms with E-state index < -0.39 is 51.0 Å². The molecule has 2 aromatic rings. The molecule has 154 valence electrons. The molecule has 0 spiro atoms. The van der Waals surface area contributed by atoms with Crippen molar-refractivity contribution in [3.8, 4) is 5.75 Å². The first-order valence-corrected chi connectivity index (χ1v) is 7.37. The van der Waals surface area contributed by atoms with E-state index in [1.807, 2.05) is 5.43 Å². The van der Waals surface area contributed by atoms with Crippen LogP contribution in [0, 0.1) is 20.2 Å². The van der Waals surface area contributed by atoms with Crippen LogP contribution in [0.4, 0.5) is 39.0 Å². The van der Waals surface area contributed by atoms with Gasteiger partial charge in [-0.3, -0.25) is 25.7 Å². The minimum Gasteiger partial charge on any atom is -0.434 e. The maximum absolute atomic E-state index is 13.1. The number of rotatable bonds is 7. The average molecular weight is 420 g/mol. The predicted molar refractivity (Wildman–Crippen MR) is 89.0 cm³/mol. The average Bonchev–Trinajstić information content (AvgIpc) is 2.61. The smallest absolute Gasteiger partial charge is 0.418 e. The summed E-state index contributed by atoms with van der Waals surface area (Å²) in [5.74, 6) is -0.504. The molecule has 0 unspecified atom stereocenters. The lowest BCUT2D eigenvalue weighted by Gasteiger charge is -2.12. The van der Waals surface area contributed by atoms with Gasteiger partial charge in [0.1, 0.15) is 5.75 Å². The summed E-state index contributed by atoms with van der Waals surface area (Å²) in [6.45, 7) is -3.26. The highest BCUT2D eigenvalue weighted by Gasteiger charge is 2.35. The molecule has 1 N–H and O–H groups in total. The van der Waals surface area contributed by atoms with Gasteiger partial charge in [-0.1, -0.05) is 0 Å². The zero-order valence-electron chi connectivity index (χ0n) is 13.9. The van der Waals surface area contributed by atoms with Crippen LogP contribution in [0.25, 0.3) is 0 Å². The third-order valence-corrected chi connectivity index (χ3v) is 3.33. The molecule has 0 atom stereocenters. The van der Waals surface area contributed by atoms with Gasteiger partial charge in [-0.15, -0.1) is 0 Å². The fourth-order valence-corrected chi connectivity index (χ4v) is 2.10. The molecule has 0 aromatic heterocycles. The first-order valence-electron chi connectivity index (χ1n) is 7.37. The highest BCUT2D eigenvalue weighted by Crippen LogP contribution is 2.37. The summed E-state index contributed by atoms with van der Waals surface area (Å²) in [6, 6.07) is 4.42. The second-order valence-corrected chi connectivity index (χ2v) is 5.21. The van der Waals surface area contributed by atoms with Gasteiger partial charge < -0.3 is 4.74 Å². The number of halogens is 5. The molecule has 0 aliphatic rings. The van der Waals surface area contributed by atoms with E-state index in [0.717, 1.165) is 36.5 Å². The van der Waals surface area contributed by atoms with Crippen molar-refractivity contribution in [1.82, 2.24) is 0 Å². The van der Waals surface area contributed by atoms with Crippen molar-refractivity contribution in [3.63, 3.8) is 0 Å². The van der Waals surface area contributed by atoms with Gasteiger partial charge in [0, 0.05) is 29.8 Å². The Morgan fingerprint density at radius 1 is 1.03 bits per heavy atom. The van der Waals surface area contributed by atoms with E-state index in [0.29, 0.717) is 0 Å². The number of nitrogens with zero attached hydrogens (tertiary/aromatic N) is 3. The van der Waals surface area contributed by atoms with Gasteiger partial charge in [0.25, 0.3) is 11.4 Å². The fraction of sp³-hybridized carbons (Fsp3) is 0.133. The molecule has 0 radical (unpaired) electrons. The lowest BCUT2D eigenvalue weighted by Crippen LogP contribution is -2.09. The number of anilines is 1. The summed E-state index contributed by atoms with van der Waals surface area (Å²) in [7, 11) is 0. The number of hydrogen-bond donors (Lipinski definition) is 1. The van der Waals surface area contributed by atoms with Gasteiger partial charge in [0.2, 0.25) is 0 Å². The van der Waals surface area contributed by atoms with Crippen LogP contribution >= 0.6 is 0 Å². The highest BCUT2D eigenvalue weighted by molar-refractivity contribution is 5.85. The quantitative estimate of drug-likeness (QED) is 0.303. The molecule has 9 nitrogen and oxygen atoms in total. The third-order valence-electron chi connectivity index (χ3n) is 3.33. The number of hydrogen-bond acceptors (Lipinski definition) is 7. The second-order valence-electron chi connectivity index (χ2n) is 5.21. The molecule has 2 aromatic carbocycles. The van der Waals surface area contributed by atoms with Gasteiger partial charge in [0.15, 0.2) is 0 Å². The number of nitro benzene ring substituents is 2. The molecule has 0 saturated heterocycles. The Labute approximate surface area is 157 Å². The number of nitro groups is 2. The molecule has 0 aliphatic carbocycles. The zero-order chi connectivity index (χ0) is 21.8. The Morgan fingerprint density at radius 2 is 1.62 bits per heavy atom. The Hall–Kier alpha value is -3.84. The van der Waals surface area contributed by atoms with Gasteiger partial charge in [-0.2, -0.15) is 27.1 Å². The van der Waals surface area contributed by atoms with Crippen LogP contribution in [0.15, 0.2) is 41.5 Å². The van der Waals surface area contributed by atoms with Crippen LogP contribution in [0.1, 0.15) is 11.1 Å². The maximum atomic E-state index is 13.1. The van der Waals surface area contributed by atoms with Crippen molar-refractivity contribution in [3.05, 3.63) is 67.8 Å². The Balaban J connectivity index is 2.37. The molecular formula is C15H9F5N4O5. The van der Waals surface area contributed by atoms with Crippen molar-refractivity contribution in [1.29, 1.82) is 0 Å².